The standard InChI is InChI=1S/C6H12O9P2.C6H10O3.C3H6.CH4/c1-13-3-4-14-6(7)2-5-16(8,9)15-17(10,11)12;1-3-6(7)9-5-4-8-2;1-3-2;/h2,5H,3-4H2,1H3,(H,8,9)(H2,10,11,12);3H,1,4-5H2,2H3;3H,1H2,2H3;1H4/p-3/b5-2+;;;. The molecular formula is C16H29O12P2-3. The Morgan fingerprint density at radius 2 is 1.30 bits per heavy atom. The molecule has 0 saturated heterocycles. The molecule has 0 rings (SSSR count). The van der Waals surface area contributed by atoms with Gasteiger partial charge in [-0.3, -0.25) is 0 Å². The summed E-state index contributed by atoms with van der Waals surface area (Å²) in [5.41, 5.74) is 0. The molecule has 0 aromatic heterocycles. The molecule has 0 fully saturated rings. The van der Waals surface area contributed by atoms with Gasteiger partial charge in [-0.1, -0.05) is 20.1 Å². The van der Waals surface area contributed by atoms with E-state index in [0.29, 0.717) is 19.3 Å². The minimum atomic E-state index is -5.67. The summed E-state index contributed by atoms with van der Waals surface area (Å²) in [6.07, 6.45) is 3.29. The van der Waals surface area contributed by atoms with Gasteiger partial charge in [0.25, 0.3) is 0 Å². The molecule has 0 radical (unpaired) electrons. The zero-order valence-electron chi connectivity index (χ0n) is 16.3. The summed E-state index contributed by atoms with van der Waals surface area (Å²) in [5, 5.41) is 0. The molecule has 0 aliphatic rings. The summed E-state index contributed by atoms with van der Waals surface area (Å²) in [5.74, 6) is -1.33. The first-order valence-electron chi connectivity index (χ1n) is 7.63. The normalized spacial score (nSPS) is 11.9. The highest BCUT2D eigenvalue weighted by Crippen LogP contribution is 2.50. The van der Waals surface area contributed by atoms with Crippen molar-refractivity contribution in [3.8, 4) is 0 Å². The van der Waals surface area contributed by atoms with Crippen LogP contribution < -0.4 is 14.7 Å². The summed E-state index contributed by atoms with van der Waals surface area (Å²) in [6.45, 7) is 9.20. The largest absolute Gasteiger partial charge is 0.790 e. The van der Waals surface area contributed by atoms with E-state index < -0.39 is 27.4 Å². The summed E-state index contributed by atoms with van der Waals surface area (Å²) in [4.78, 5) is 51.9. The van der Waals surface area contributed by atoms with E-state index in [-0.39, 0.29) is 26.5 Å². The molecular weight excluding hydrogens is 446 g/mol. The van der Waals surface area contributed by atoms with Crippen LogP contribution in [-0.4, -0.2) is 52.6 Å². The van der Waals surface area contributed by atoms with E-state index in [1.807, 2.05) is 6.92 Å². The van der Waals surface area contributed by atoms with Crippen molar-refractivity contribution in [2.24, 2.45) is 0 Å². The van der Waals surface area contributed by atoms with Crippen LogP contribution in [0.4, 0.5) is 0 Å². The molecule has 30 heavy (non-hydrogen) atoms. The maximum Gasteiger partial charge on any atom is 0.331 e. The highest BCUT2D eigenvalue weighted by atomic mass is 31.3. The second-order valence-corrected chi connectivity index (χ2v) is 7.24. The van der Waals surface area contributed by atoms with Crippen LogP contribution in [0.15, 0.2) is 37.2 Å². The molecule has 0 aromatic carbocycles. The molecule has 0 bridgehead atoms. The Morgan fingerprint density at radius 1 is 0.900 bits per heavy atom. The van der Waals surface area contributed by atoms with Gasteiger partial charge in [-0.2, -0.15) is 0 Å². The van der Waals surface area contributed by atoms with Gasteiger partial charge in [0.1, 0.15) is 13.2 Å². The lowest BCUT2D eigenvalue weighted by molar-refractivity contribution is -0.337. The number of phosphoric acid groups is 1. The van der Waals surface area contributed by atoms with E-state index >= 15 is 0 Å². The van der Waals surface area contributed by atoms with Gasteiger partial charge in [0.2, 0.25) is 0 Å². The van der Waals surface area contributed by atoms with E-state index in [4.69, 9.17) is 0 Å². The van der Waals surface area contributed by atoms with Crippen LogP contribution in [0.25, 0.3) is 0 Å². The van der Waals surface area contributed by atoms with Crippen molar-refractivity contribution >= 4 is 27.4 Å². The number of rotatable bonds is 11. The fourth-order valence-corrected chi connectivity index (χ4v) is 2.51. The molecule has 178 valence electrons. The molecule has 0 spiro atoms. The predicted octanol–water partition coefficient (Wildman–Crippen LogP) is 0.279. The number of methoxy groups -OCH3 is 2. The SMILES string of the molecule is C.C=CC.C=CC(=O)OCCOC.COCCOC(=O)/C=C/P(=O)([O-])OP(=O)([O-])[O-]. The van der Waals surface area contributed by atoms with Crippen LogP contribution in [0.5, 0.6) is 0 Å². The zero-order chi connectivity index (χ0) is 23.3. The summed E-state index contributed by atoms with van der Waals surface area (Å²) in [7, 11) is -7.82. The first kappa shape index (κ1) is 35.8. The smallest absolute Gasteiger partial charge is 0.331 e. The van der Waals surface area contributed by atoms with Gasteiger partial charge in [-0.15, -0.1) is 6.58 Å². The minimum Gasteiger partial charge on any atom is -0.790 e. The number of hydrogen-bond donors (Lipinski definition) is 0. The van der Waals surface area contributed by atoms with Gasteiger partial charge in [-0.05, 0) is 12.7 Å². The lowest BCUT2D eigenvalue weighted by atomic mass is 10.6. The van der Waals surface area contributed by atoms with Gasteiger partial charge in [0, 0.05) is 26.4 Å². The van der Waals surface area contributed by atoms with E-state index in [0.717, 1.165) is 6.08 Å². The first-order chi connectivity index (χ1) is 13.4. The van der Waals surface area contributed by atoms with Crippen LogP contribution in [0.2, 0.25) is 0 Å². The molecule has 0 N–H and O–H groups in total. The molecule has 14 heteroatoms. The van der Waals surface area contributed by atoms with Crippen LogP contribution in [0.1, 0.15) is 14.4 Å². The van der Waals surface area contributed by atoms with E-state index in [2.05, 4.69) is 36.4 Å². The van der Waals surface area contributed by atoms with E-state index in [1.54, 1.807) is 13.2 Å². The third-order valence-electron chi connectivity index (χ3n) is 1.84. The lowest BCUT2D eigenvalue weighted by Crippen LogP contribution is -2.17. The molecule has 0 aliphatic carbocycles. The van der Waals surface area contributed by atoms with Crippen molar-refractivity contribution in [2.45, 2.75) is 14.4 Å². The highest BCUT2D eigenvalue weighted by Gasteiger charge is 2.07. The Balaban J connectivity index is -0.000000219. The van der Waals surface area contributed by atoms with Gasteiger partial charge >= 0.3 is 11.9 Å². The molecule has 1 atom stereocenters. The van der Waals surface area contributed by atoms with Gasteiger partial charge < -0.3 is 47.1 Å². The third-order valence-corrected chi connectivity index (χ3v) is 4.06. The van der Waals surface area contributed by atoms with E-state index in [9.17, 15) is 33.4 Å². The number of hydrogen-bond acceptors (Lipinski definition) is 12. The molecule has 0 aliphatic heterocycles. The zero-order valence-corrected chi connectivity index (χ0v) is 18.1. The second-order valence-electron chi connectivity index (χ2n) is 4.32. The quantitative estimate of drug-likeness (QED) is 0.131. The molecule has 0 saturated carbocycles. The maximum atomic E-state index is 10.8. The van der Waals surface area contributed by atoms with Crippen molar-refractivity contribution in [2.75, 3.05) is 40.6 Å². The summed E-state index contributed by atoms with van der Waals surface area (Å²) < 4.78 is 42.2. The fraction of sp³-hybridized carbons (Fsp3) is 0.500. The van der Waals surface area contributed by atoms with E-state index in [1.165, 1.54) is 7.11 Å². The molecule has 0 aromatic rings. The first-order valence-corrected chi connectivity index (χ1v) is 10.7. The van der Waals surface area contributed by atoms with Crippen molar-refractivity contribution in [1.29, 1.82) is 0 Å². The second kappa shape index (κ2) is 22.1. The Morgan fingerprint density at radius 3 is 1.63 bits per heavy atom. The molecule has 0 amide bonds. The maximum absolute atomic E-state index is 10.8. The van der Waals surface area contributed by atoms with Gasteiger partial charge in [-0.25, -0.2) is 9.59 Å². The lowest BCUT2D eigenvalue weighted by Gasteiger charge is -2.34. The fourth-order valence-electron chi connectivity index (χ4n) is 0.877. The van der Waals surface area contributed by atoms with Crippen LogP contribution >= 0.6 is 15.4 Å². The summed E-state index contributed by atoms with van der Waals surface area (Å²) in [6, 6.07) is 0. The monoisotopic (exact) mass is 475 g/mol. The number of esters is 2. The van der Waals surface area contributed by atoms with Gasteiger partial charge in [0.05, 0.1) is 21.0 Å². The van der Waals surface area contributed by atoms with Gasteiger partial charge in [0.15, 0.2) is 7.60 Å². The Bertz CT molecular complexity index is 597. The number of allylic oxidation sites excluding steroid dienone is 1. The number of carbonyl (C=O) groups excluding carboxylic acids is 2. The van der Waals surface area contributed by atoms with Crippen LogP contribution in [0, 0.1) is 0 Å². The van der Waals surface area contributed by atoms with Crippen molar-refractivity contribution in [1.82, 2.24) is 0 Å². The van der Waals surface area contributed by atoms with Crippen molar-refractivity contribution < 1.29 is 56.7 Å². The Hall–Kier alpha value is -1.62. The molecule has 0 heterocycles. The van der Waals surface area contributed by atoms with Crippen molar-refractivity contribution in [3.63, 3.8) is 0 Å². The third kappa shape index (κ3) is 33.9. The Kier molecular flexibility index (Phi) is 26.3. The highest BCUT2D eigenvalue weighted by molar-refractivity contribution is 7.63. The summed E-state index contributed by atoms with van der Waals surface area (Å²) >= 11 is 0. The number of ether oxygens (including phenoxy) is 4. The topological polar surface area (TPSA) is 184 Å². The Labute approximate surface area is 176 Å². The predicted molar refractivity (Wildman–Crippen MR) is 104 cm³/mol. The molecule has 12 nitrogen and oxygen atoms in total. The van der Waals surface area contributed by atoms with Crippen molar-refractivity contribution in [3.05, 3.63) is 37.2 Å². The average Bonchev–Trinajstić information content (AvgIpc) is 2.59. The van der Waals surface area contributed by atoms with Crippen LogP contribution in [-0.2, 0) is 42.0 Å². The molecule has 1 unspecified atom stereocenters. The average molecular weight is 475 g/mol. The number of carbonyl (C=O) groups is 2. The van der Waals surface area contributed by atoms with Crippen LogP contribution in [0.3, 0.4) is 0 Å². The minimum absolute atomic E-state index is 0.